The summed E-state index contributed by atoms with van der Waals surface area (Å²) in [5, 5.41) is 0.180. The number of nitrogens with zero attached hydrogens (tertiary/aromatic N) is 1. The Kier molecular flexibility index (Phi) is 4.82. The molecule has 0 saturated carbocycles. The zero-order chi connectivity index (χ0) is 16.4. The highest BCUT2D eigenvalue weighted by Crippen LogP contribution is 2.38. The van der Waals surface area contributed by atoms with Crippen LogP contribution >= 0.6 is 27.7 Å². The fraction of sp³-hybridized carbons (Fsp3) is 0.176. The number of carbonyl (C=O) groups excluding carboxylic acids is 2. The number of thioether (sulfide) groups is 1. The molecular weight excluding hydrogens is 381 g/mol. The van der Waals surface area contributed by atoms with Gasteiger partial charge in [-0.3, -0.25) is 9.59 Å². The molecule has 0 fully saturated rings. The molecule has 2 aromatic carbocycles. The van der Waals surface area contributed by atoms with Crippen LogP contribution in [0.2, 0.25) is 0 Å². The van der Waals surface area contributed by atoms with Crippen molar-refractivity contribution in [2.45, 2.75) is 4.90 Å². The summed E-state index contributed by atoms with van der Waals surface area (Å²) in [5.41, 5.74) is 0.957. The average molecular weight is 394 g/mol. The smallest absolute Gasteiger partial charge is 0.237 e. The summed E-state index contributed by atoms with van der Waals surface area (Å²) in [5.74, 6) is -0.310. The molecule has 23 heavy (non-hydrogen) atoms. The molecule has 1 amide bonds. The van der Waals surface area contributed by atoms with Crippen LogP contribution in [0.1, 0.15) is 15.9 Å². The zero-order valence-electron chi connectivity index (χ0n) is 12.1. The molecule has 0 atom stereocenters. The van der Waals surface area contributed by atoms with Crippen molar-refractivity contribution in [1.82, 2.24) is 0 Å². The van der Waals surface area contributed by atoms with E-state index < -0.39 is 11.6 Å². The number of hydrogen-bond donors (Lipinski definition) is 0. The molecule has 3 rings (SSSR count). The van der Waals surface area contributed by atoms with Crippen LogP contribution in [0, 0.1) is 5.82 Å². The van der Waals surface area contributed by atoms with Crippen molar-refractivity contribution in [3.8, 4) is 0 Å². The number of para-hydroxylation sites is 1. The number of fused-ring (bicyclic) bond motifs is 1. The van der Waals surface area contributed by atoms with Crippen LogP contribution in [-0.2, 0) is 4.79 Å². The predicted molar refractivity (Wildman–Crippen MR) is 93.1 cm³/mol. The van der Waals surface area contributed by atoms with Crippen LogP contribution in [-0.4, -0.2) is 29.3 Å². The van der Waals surface area contributed by atoms with Crippen molar-refractivity contribution in [2.24, 2.45) is 0 Å². The molecule has 1 aliphatic heterocycles. The van der Waals surface area contributed by atoms with Gasteiger partial charge in [-0.25, -0.2) is 4.39 Å². The zero-order valence-corrected chi connectivity index (χ0v) is 14.5. The van der Waals surface area contributed by atoms with Gasteiger partial charge >= 0.3 is 0 Å². The Morgan fingerprint density at radius 3 is 2.61 bits per heavy atom. The number of anilines is 1. The fourth-order valence-corrected chi connectivity index (χ4v) is 3.90. The second-order valence-electron chi connectivity index (χ2n) is 4.99. The fourth-order valence-electron chi connectivity index (χ4n) is 2.57. The summed E-state index contributed by atoms with van der Waals surface area (Å²) in [6.07, 6.45) is 0. The highest BCUT2D eigenvalue weighted by Gasteiger charge is 2.28. The van der Waals surface area contributed by atoms with E-state index in [4.69, 9.17) is 0 Å². The van der Waals surface area contributed by atoms with Crippen molar-refractivity contribution >= 4 is 45.1 Å². The van der Waals surface area contributed by atoms with E-state index in [1.54, 1.807) is 40.9 Å². The van der Waals surface area contributed by atoms with Crippen molar-refractivity contribution in [2.75, 3.05) is 22.5 Å². The van der Waals surface area contributed by atoms with Crippen LogP contribution in [0.4, 0.5) is 10.1 Å². The van der Waals surface area contributed by atoms with Crippen LogP contribution in [0.5, 0.6) is 0 Å². The second-order valence-corrected chi connectivity index (χ2v) is 6.69. The summed E-state index contributed by atoms with van der Waals surface area (Å²) in [7, 11) is 0. The Morgan fingerprint density at radius 1 is 1.13 bits per heavy atom. The Morgan fingerprint density at radius 2 is 1.87 bits per heavy atom. The highest BCUT2D eigenvalue weighted by molar-refractivity contribution is 9.09. The molecule has 0 N–H and O–H groups in total. The van der Waals surface area contributed by atoms with Gasteiger partial charge in [0.25, 0.3) is 0 Å². The lowest BCUT2D eigenvalue weighted by molar-refractivity contribution is -0.116. The average Bonchev–Trinajstić information content (AvgIpc) is 2.60. The first kappa shape index (κ1) is 16.2. The number of amides is 1. The molecule has 0 radical (unpaired) electrons. The predicted octanol–water partition coefficient (Wildman–Crippen LogP) is 3.89. The van der Waals surface area contributed by atoms with E-state index in [0.717, 1.165) is 10.6 Å². The topological polar surface area (TPSA) is 37.4 Å². The lowest BCUT2D eigenvalue weighted by Gasteiger charge is -2.30. The molecule has 118 valence electrons. The van der Waals surface area contributed by atoms with Crippen molar-refractivity contribution in [1.29, 1.82) is 0 Å². The lowest BCUT2D eigenvalue weighted by atomic mass is 10.00. The minimum Gasteiger partial charge on any atom is -0.309 e. The quantitative estimate of drug-likeness (QED) is 0.586. The number of carbonyl (C=O) groups is 2. The van der Waals surface area contributed by atoms with Crippen LogP contribution < -0.4 is 4.90 Å². The number of halogens is 2. The number of alkyl halides is 1. The van der Waals surface area contributed by atoms with Gasteiger partial charge in [-0.1, -0.05) is 34.1 Å². The molecule has 1 aliphatic rings. The number of benzene rings is 2. The standard InChI is InChI=1S/C17H13BrFNO2S/c18-10-15(21)20-8-9-23-14-7-3-5-12(16(14)20)17(22)11-4-1-2-6-13(11)19/h1-7H,8-10H2. The van der Waals surface area contributed by atoms with Crippen molar-refractivity contribution in [3.63, 3.8) is 0 Å². The first-order valence-electron chi connectivity index (χ1n) is 7.05. The number of rotatable bonds is 3. The van der Waals surface area contributed by atoms with Gasteiger partial charge in [0.15, 0.2) is 5.78 Å². The van der Waals surface area contributed by atoms with Gasteiger partial charge in [0.05, 0.1) is 16.6 Å². The Balaban J connectivity index is 2.13. The molecule has 6 heteroatoms. The van der Waals surface area contributed by atoms with Gasteiger partial charge in [0.1, 0.15) is 5.82 Å². The maximum atomic E-state index is 14.0. The maximum absolute atomic E-state index is 14.0. The summed E-state index contributed by atoms with van der Waals surface area (Å²) in [6.45, 7) is 0.531. The van der Waals surface area contributed by atoms with E-state index in [1.807, 2.05) is 6.07 Å². The first-order chi connectivity index (χ1) is 11.1. The maximum Gasteiger partial charge on any atom is 0.237 e. The van der Waals surface area contributed by atoms with E-state index in [9.17, 15) is 14.0 Å². The van der Waals surface area contributed by atoms with Crippen molar-refractivity contribution < 1.29 is 14.0 Å². The Bertz CT molecular complexity index is 781. The van der Waals surface area contributed by atoms with Crippen molar-refractivity contribution in [3.05, 3.63) is 59.4 Å². The third-order valence-electron chi connectivity index (χ3n) is 3.62. The summed E-state index contributed by atoms with van der Waals surface area (Å²) in [6, 6.07) is 11.2. The monoisotopic (exact) mass is 393 g/mol. The SMILES string of the molecule is O=C(c1ccccc1F)c1cccc2c1N(C(=O)CBr)CCS2. The van der Waals surface area contributed by atoms with Gasteiger partial charge in [0, 0.05) is 22.8 Å². The van der Waals surface area contributed by atoms with Gasteiger partial charge in [-0.15, -0.1) is 11.8 Å². The summed E-state index contributed by atoms with van der Waals surface area (Å²) >= 11 is 4.77. The molecule has 3 nitrogen and oxygen atoms in total. The Labute approximate surface area is 146 Å². The molecule has 0 aliphatic carbocycles. The minimum atomic E-state index is -0.558. The van der Waals surface area contributed by atoms with Gasteiger partial charge in [-0.05, 0) is 24.3 Å². The van der Waals surface area contributed by atoms with E-state index in [-0.39, 0.29) is 16.8 Å². The summed E-state index contributed by atoms with van der Waals surface area (Å²) < 4.78 is 14.0. The largest absolute Gasteiger partial charge is 0.309 e. The molecule has 0 aromatic heterocycles. The molecule has 0 spiro atoms. The number of ketones is 1. The third-order valence-corrected chi connectivity index (χ3v) is 5.13. The molecular formula is C17H13BrFNO2S. The normalized spacial score (nSPS) is 13.6. The van der Waals surface area contributed by atoms with Crippen LogP contribution in [0.25, 0.3) is 0 Å². The lowest BCUT2D eigenvalue weighted by Crippen LogP contribution is -2.37. The minimum absolute atomic E-state index is 0.0164. The molecule has 0 bridgehead atoms. The molecule has 0 unspecified atom stereocenters. The molecule has 2 aromatic rings. The highest BCUT2D eigenvalue weighted by atomic mass is 79.9. The summed E-state index contributed by atoms with van der Waals surface area (Å²) in [4.78, 5) is 27.5. The van der Waals surface area contributed by atoms with E-state index in [2.05, 4.69) is 15.9 Å². The van der Waals surface area contributed by atoms with Crippen LogP contribution in [0.3, 0.4) is 0 Å². The first-order valence-corrected chi connectivity index (χ1v) is 9.15. The Hall–Kier alpha value is -1.66. The third kappa shape index (κ3) is 3.05. The van der Waals surface area contributed by atoms with Crippen LogP contribution in [0.15, 0.2) is 47.4 Å². The van der Waals surface area contributed by atoms with Gasteiger partial charge in [-0.2, -0.15) is 0 Å². The number of hydrogen-bond acceptors (Lipinski definition) is 3. The van der Waals surface area contributed by atoms with E-state index >= 15 is 0 Å². The van der Waals surface area contributed by atoms with E-state index in [1.165, 1.54) is 12.1 Å². The molecule has 0 saturated heterocycles. The van der Waals surface area contributed by atoms with E-state index in [0.29, 0.717) is 17.8 Å². The van der Waals surface area contributed by atoms with Gasteiger partial charge < -0.3 is 4.90 Å². The van der Waals surface area contributed by atoms with Gasteiger partial charge in [0.2, 0.25) is 5.91 Å². The second kappa shape index (κ2) is 6.84. The molecule has 1 heterocycles.